The standard InChI is InChI=1S/C14H20ClN3O4S.C14H23N3O2S/c1-16(7-8-23(2,21)22)12-5-6-17(10-12)14-4-3-11(18(19)20)9-13(14)15;1-16(9-10-20(2,18)19)14-7-8-17(11-14)13-5-3-12(15)4-6-13/h3-4,9,12H,5-8,10H2,1-2H3;3-6,14H,7-11,15H2,1-2H3/t12-;14-/m11/s1. The van der Waals surface area contributed by atoms with Crippen LogP contribution in [0.3, 0.4) is 0 Å². The van der Waals surface area contributed by atoms with Gasteiger partial charge in [0.2, 0.25) is 0 Å². The third kappa shape index (κ3) is 11.1. The lowest BCUT2D eigenvalue weighted by Crippen LogP contribution is -2.37. The molecule has 2 aliphatic rings. The van der Waals surface area contributed by atoms with E-state index in [-0.39, 0.29) is 23.2 Å². The summed E-state index contributed by atoms with van der Waals surface area (Å²) in [5.41, 5.74) is 8.40. The molecule has 0 radical (unpaired) electrons. The van der Waals surface area contributed by atoms with Crippen LogP contribution in [0.4, 0.5) is 22.7 Å². The molecule has 15 heteroatoms. The van der Waals surface area contributed by atoms with Crippen LogP contribution in [0.25, 0.3) is 0 Å². The van der Waals surface area contributed by atoms with Crippen LogP contribution in [0.5, 0.6) is 0 Å². The Bertz CT molecular complexity index is 1460. The summed E-state index contributed by atoms with van der Waals surface area (Å²) in [4.78, 5) is 18.9. The predicted octanol–water partition coefficient (Wildman–Crippen LogP) is 2.63. The van der Waals surface area contributed by atoms with E-state index in [1.165, 1.54) is 30.3 Å². The molecule has 240 valence electrons. The van der Waals surface area contributed by atoms with Crippen LogP contribution in [0.1, 0.15) is 12.8 Å². The zero-order valence-corrected chi connectivity index (χ0v) is 27.6. The highest BCUT2D eigenvalue weighted by atomic mass is 35.5. The highest BCUT2D eigenvalue weighted by Crippen LogP contribution is 2.32. The van der Waals surface area contributed by atoms with Gasteiger partial charge in [-0.2, -0.15) is 0 Å². The van der Waals surface area contributed by atoms with Crippen LogP contribution in [0.15, 0.2) is 42.5 Å². The minimum absolute atomic E-state index is 0.0280. The van der Waals surface area contributed by atoms with Crippen molar-refractivity contribution in [2.45, 2.75) is 24.9 Å². The van der Waals surface area contributed by atoms with E-state index in [9.17, 15) is 26.9 Å². The van der Waals surface area contributed by atoms with Crippen LogP contribution in [-0.4, -0.2) is 121 Å². The summed E-state index contributed by atoms with van der Waals surface area (Å²) >= 11 is 6.16. The number of sulfone groups is 2. The van der Waals surface area contributed by atoms with Crippen molar-refractivity contribution in [3.63, 3.8) is 0 Å². The minimum Gasteiger partial charge on any atom is -0.399 e. The number of rotatable bonds is 11. The second-order valence-corrected chi connectivity index (χ2v) is 16.4. The molecule has 12 nitrogen and oxygen atoms in total. The molecule has 2 fully saturated rings. The zero-order chi connectivity index (χ0) is 31.9. The summed E-state index contributed by atoms with van der Waals surface area (Å²) in [6.45, 7) is 4.52. The van der Waals surface area contributed by atoms with Gasteiger partial charge in [0.15, 0.2) is 0 Å². The van der Waals surface area contributed by atoms with Crippen molar-refractivity contribution in [3.05, 3.63) is 57.6 Å². The van der Waals surface area contributed by atoms with Gasteiger partial charge in [-0.05, 0) is 57.3 Å². The Morgan fingerprint density at radius 3 is 1.84 bits per heavy atom. The number of nitrogens with two attached hydrogens (primary N) is 1. The van der Waals surface area contributed by atoms with Crippen molar-refractivity contribution in [3.8, 4) is 0 Å². The van der Waals surface area contributed by atoms with Crippen LogP contribution >= 0.6 is 11.6 Å². The summed E-state index contributed by atoms with van der Waals surface area (Å²) < 4.78 is 45.0. The normalized spacial score (nSPS) is 19.1. The Labute approximate surface area is 260 Å². The number of anilines is 3. The number of nitro benzene ring substituents is 1. The number of hydrogen-bond acceptors (Lipinski definition) is 11. The lowest BCUT2D eigenvalue weighted by atomic mass is 10.2. The Hall–Kier alpha value is -2.65. The molecule has 0 aliphatic carbocycles. The molecular formula is C28H43ClN6O6S2. The van der Waals surface area contributed by atoms with Gasteiger partial charge in [0, 0.05) is 87.4 Å². The second-order valence-electron chi connectivity index (χ2n) is 11.5. The van der Waals surface area contributed by atoms with Gasteiger partial charge in [0.25, 0.3) is 5.69 Å². The average molecular weight is 659 g/mol. The number of non-ortho nitro benzene ring substituents is 1. The lowest BCUT2D eigenvalue weighted by Gasteiger charge is -2.25. The molecule has 2 saturated heterocycles. The van der Waals surface area contributed by atoms with Crippen molar-refractivity contribution in [1.29, 1.82) is 0 Å². The van der Waals surface area contributed by atoms with Crippen molar-refractivity contribution >= 4 is 54.0 Å². The molecule has 0 unspecified atom stereocenters. The molecule has 2 aromatic carbocycles. The molecular weight excluding hydrogens is 616 g/mol. The number of hydrogen-bond donors (Lipinski definition) is 1. The van der Waals surface area contributed by atoms with Crippen molar-refractivity contribution in [1.82, 2.24) is 9.80 Å². The smallest absolute Gasteiger partial charge is 0.271 e. The summed E-state index contributed by atoms with van der Waals surface area (Å²) in [6, 6.07) is 13.0. The van der Waals surface area contributed by atoms with Crippen molar-refractivity contribution < 1.29 is 21.8 Å². The topological polar surface area (TPSA) is 150 Å². The first kappa shape index (κ1) is 34.8. The van der Waals surface area contributed by atoms with Crippen LogP contribution in [0, 0.1) is 10.1 Å². The number of nitrogen functional groups attached to an aromatic ring is 1. The maximum absolute atomic E-state index is 11.3. The van der Waals surface area contributed by atoms with E-state index in [0.29, 0.717) is 24.2 Å². The summed E-state index contributed by atoms with van der Waals surface area (Å²) in [5.74, 6) is 0.361. The van der Waals surface area contributed by atoms with Gasteiger partial charge in [-0.1, -0.05) is 11.6 Å². The maximum atomic E-state index is 11.3. The van der Waals surface area contributed by atoms with Gasteiger partial charge >= 0.3 is 0 Å². The molecule has 0 bridgehead atoms. The number of benzene rings is 2. The average Bonchev–Trinajstić information content (AvgIpc) is 3.61. The highest BCUT2D eigenvalue weighted by molar-refractivity contribution is 7.90. The summed E-state index contributed by atoms with van der Waals surface area (Å²) in [7, 11) is -1.95. The predicted molar refractivity (Wildman–Crippen MR) is 175 cm³/mol. The van der Waals surface area contributed by atoms with E-state index in [4.69, 9.17) is 17.3 Å². The fourth-order valence-corrected chi connectivity index (χ4v) is 6.73. The quantitative estimate of drug-likeness (QED) is 0.216. The number of nitro groups is 1. The molecule has 4 rings (SSSR count). The van der Waals surface area contributed by atoms with Gasteiger partial charge < -0.3 is 25.3 Å². The Morgan fingerprint density at radius 2 is 1.37 bits per heavy atom. The number of halogens is 1. The SMILES string of the molecule is CN(CCS(C)(=O)=O)[C@@H]1CCN(c2ccc(N)cc2)C1.CN(CCS(C)(=O)=O)[C@@H]1CCN(c2ccc([N+](=O)[O-])cc2Cl)C1. The molecule has 0 saturated carbocycles. The van der Waals surface area contributed by atoms with Crippen LogP contribution in [-0.2, 0) is 19.7 Å². The maximum Gasteiger partial charge on any atom is 0.271 e. The third-order valence-electron chi connectivity index (χ3n) is 7.94. The van der Waals surface area contributed by atoms with Gasteiger partial charge in [-0.25, -0.2) is 16.8 Å². The molecule has 2 aliphatic heterocycles. The zero-order valence-electron chi connectivity index (χ0n) is 25.2. The third-order valence-corrected chi connectivity index (χ3v) is 10.1. The molecule has 0 amide bonds. The van der Waals surface area contributed by atoms with E-state index in [2.05, 4.69) is 14.7 Å². The summed E-state index contributed by atoms with van der Waals surface area (Å²) in [6.07, 6.45) is 4.48. The van der Waals surface area contributed by atoms with Gasteiger partial charge in [-0.3, -0.25) is 10.1 Å². The van der Waals surface area contributed by atoms with E-state index >= 15 is 0 Å². The fraction of sp³-hybridized carbons (Fsp3) is 0.571. The monoisotopic (exact) mass is 658 g/mol. The Morgan fingerprint density at radius 1 is 0.884 bits per heavy atom. The fourth-order valence-electron chi connectivity index (χ4n) is 5.19. The first-order chi connectivity index (χ1) is 20.0. The first-order valence-corrected chi connectivity index (χ1v) is 18.6. The van der Waals surface area contributed by atoms with E-state index in [0.717, 1.165) is 50.4 Å². The summed E-state index contributed by atoms with van der Waals surface area (Å²) in [5, 5.41) is 11.1. The molecule has 0 spiro atoms. The van der Waals surface area contributed by atoms with Crippen LogP contribution in [0.2, 0.25) is 5.02 Å². The molecule has 43 heavy (non-hydrogen) atoms. The van der Waals surface area contributed by atoms with Gasteiger partial charge in [0.05, 0.1) is 27.1 Å². The van der Waals surface area contributed by atoms with E-state index in [1.54, 1.807) is 6.07 Å². The lowest BCUT2D eigenvalue weighted by molar-refractivity contribution is -0.384. The van der Waals surface area contributed by atoms with Crippen molar-refractivity contribution in [2.75, 3.05) is 92.9 Å². The molecule has 0 aromatic heterocycles. The van der Waals surface area contributed by atoms with Crippen LogP contribution < -0.4 is 15.5 Å². The molecule has 2 atom stereocenters. The minimum atomic E-state index is -2.97. The molecule has 2 N–H and O–H groups in total. The second kappa shape index (κ2) is 14.9. The van der Waals surface area contributed by atoms with Gasteiger partial charge in [0.1, 0.15) is 19.7 Å². The largest absolute Gasteiger partial charge is 0.399 e. The van der Waals surface area contributed by atoms with Crippen molar-refractivity contribution in [2.24, 2.45) is 0 Å². The van der Waals surface area contributed by atoms with E-state index in [1.807, 2.05) is 43.3 Å². The molecule has 2 aromatic rings. The Balaban J connectivity index is 0.000000238. The number of nitrogens with zero attached hydrogens (tertiary/aromatic N) is 5. The first-order valence-electron chi connectivity index (χ1n) is 14.1. The number of likely N-dealkylation sites (N-methyl/N-ethyl adjacent to an activating group) is 2. The Kier molecular flexibility index (Phi) is 12.1. The van der Waals surface area contributed by atoms with E-state index < -0.39 is 24.6 Å². The molecule has 2 heterocycles. The highest BCUT2D eigenvalue weighted by Gasteiger charge is 2.28. The van der Waals surface area contributed by atoms with Gasteiger partial charge in [-0.15, -0.1) is 0 Å².